The number of fused-ring (bicyclic) bond motifs is 2. The van der Waals surface area contributed by atoms with Gasteiger partial charge in [-0.2, -0.15) is 0 Å². The molecular weight excluding hydrogens is 303 g/mol. The van der Waals surface area contributed by atoms with Crippen LogP contribution < -0.4 is 0 Å². The molecule has 0 aromatic rings. The van der Waals surface area contributed by atoms with Gasteiger partial charge in [-0.05, 0) is 74.4 Å². The van der Waals surface area contributed by atoms with E-state index in [1.807, 2.05) is 6.08 Å². The Morgan fingerprint density at radius 2 is 1.43 bits per heavy atom. The summed E-state index contributed by atoms with van der Waals surface area (Å²) in [5.41, 5.74) is 2.95. The first-order chi connectivity index (χ1) is 11.2. The normalized spacial score (nSPS) is 37.0. The second-order valence-electron chi connectivity index (χ2n) is 7.67. The molecular formula is C20H31O2P. The summed E-state index contributed by atoms with van der Waals surface area (Å²) in [6.07, 6.45) is 19.9. The SMILES string of the molecule is O=C1C=CCCC1.O=C1CCCC(P2C3CCCC2CCC3)C1. The average molecular weight is 334 g/mol. The van der Waals surface area contributed by atoms with Crippen LogP contribution in [-0.2, 0) is 9.59 Å². The fraction of sp³-hybridized carbons (Fsp3) is 0.800. The van der Waals surface area contributed by atoms with Gasteiger partial charge in [-0.25, -0.2) is 0 Å². The highest BCUT2D eigenvalue weighted by Crippen LogP contribution is 2.64. The average Bonchev–Trinajstić information content (AvgIpc) is 2.55. The highest BCUT2D eigenvalue weighted by molar-refractivity contribution is 7.60. The van der Waals surface area contributed by atoms with Crippen LogP contribution in [-0.4, -0.2) is 28.5 Å². The Balaban J connectivity index is 0.000000188. The first kappa shape index (κ1) is 17.3. The van der Waals surface area contributed by atoms with Crippen molar-refractivity contribution in [2.75, 3.05) is 0 Å². The number of hydrogen-bond donors (Lipinski definition) is 0. The fourth-order valence-corrected chi connectivity index (χ4v) is 9.51. The predicted octanol–water partition coefficient (Wildman–Crippen LogP) is 5.38. The summed E-state index contributed by atoms with van der Waals surface area (Å²) in [6, 6.07) is 0. The number of carbonyl (C=O) groups is 2. The first-order valence-electron chi connectivity index (χ1n) is 9.72. The van der Waals surface area contributed by atoms with Gasteiger partial charge in [0.2, 0.25) is 0 Å². The molecule has 1 saturated carbocycles. The Morgan fingerprint density at radius 3 is 1.91 bits per heavy atom. The highest BCUT2D eigenvalue weighted by Gasteiger charge is 2.41. The van der Waals surface area contributed by atoms with Crippen LogP contribution in [0.1, 0.15) is 83.5 Å². The topological polar surface area (TPSA) is 34.1 Å². The van der Waals surface area contributed by atoms with E-state index in [9.17, 15) is 9.59 Å². The molecule has 0 amide bonds. The van der Waals surface area contributed by atoms with E-state index in [-0.39, 0.29) is 13.7 Å². The van der Waals surface area contributed by atoms with Crippen LogP contribution in [0.15, 0.2) is 12.2 Å². The summed E-state index contributed by atoms with van der Waals surface area (Å²) >= 11 is 0. The summed E-state index contributed by atoms with van der Waals surface area (Å²) in [5.74, 6) is 0.855. The second-order valence-corrected chi connectivity index (χ2v) is 10.8. The van der Waals surface area contributed by atoms with E-state index in [0.29, 0.717) is 5.78 Å². The maximum absolute atomic E-state index is 11.6. The molecule has 2 bridgehead atoms. The fourth-order valence-electron chi connectivity index (χ4n) is 4.91. The zero-order valence-corrected chi connectivity index (χ0v) is 15.2. The Morgan fingerprint density at radius 1 is 0.783 bits per heavy atom. The van der Waals surface area contributed by atoms with Crippen molar-refractivity contribution in [1.29, 1.82) is 0 Å². The van der Waals surface area contributed by atoms with Crippen LogP contribution in [0, 0.1) is 0 Å². The molecule has 0 aromatic carbocycles. The maximum Gasteiger partial charge on any atom is 0.155 e. The lowest BCUT2D eigenvalue weighted by Crippen LogP contribution is -2.33. The number of ketones is 2. The van der Waals surface area contributed by atoms with Crippen LogP contribution in [0.4, 0.5) is 0 Å². The van der Waals surface area contributed by atoms with Crippen molar-refractivity contribution < 1.29 is 9.59 Å². The zero-order chi connectivity index (χ0) is 16.1. The number of carbonyl (C=O) groups excluding carboxylic acids is 2. The van der Waals surface area contributed by atoms with E-state index in [0.717, 1.165) is 49.1 Å². The van der Waals surface area contributed by atoms with Gasteiger partial charge >= 0.3 is 0 Å². The van der Waals surface area contributed by atoms with Gasteiger partial charge in [0.25, 0.3) is 0 Å². The molecule has 0 spiro atoms. The van der Waals surface area contributed by atoms with Crippen molar-refractivity contribution in [1.82, 2.24) is 0 Å². The number of Topliss-reactive ketones (excluding diaryl/α,β-unsaturated/α-hetero) is 1. The van der Waals surface area contributed by atoms with Crippen molar-refractivity contribution in [2.45, 2.75) is 100 Å². The van der Waals surface area contributed by atoms with Gasteiger partial charge in [0, 0.05) is 19.3 Å². The van der Waals surface area contributed by atoms with Gasteiger partial charge in [0.05, 0.1) is 0 Å². The Kier molecular flexibility index (Phi) is 6.45. The molecule has 3 fully saturated rings. The van der Waals surface area contributed by atoms with E-state index in [2.05, 4.69) is 0 Å². The lowest BCUT2D eigenvalue weighted by Gasteiger charge is -2.48. The van der Waals surface area contributed by atoms with Crippen LogP contribution in [0.3, 0.4) is 0 Å². The maximum atomic E-state index is 11.6. The minimum atomic E-state index is 0.225. The predicted molar refractivity (Wildman–Crippen MR) is 97.5 cm³/mol. The van der Waals surface area contributed by atoms with Gasteiger partial charge in [-0.1, -0.05) is 26.8 Å². The molecule has 2 saturated heterocycles. The number of rotatable bonds is 1. The van der Waals surface area contributed by atoms with Gasteiger partial charge in [0.1, 0.15) is 5.78 Å². The van der Waals surface area contributed by atoms with Gasteiger partial charge in [-0.3, -0.25) is 9.59 Å². The van der Waals surface area contributed by atoms with Gasteiger partial charge < -0.3 is 0 Å². The molecule has 0 N–H and O–H groups in total. The minimum Gasteiger partial charge on any atom is -0.300 e. The summed E-state index contributed by atoms with van der Waals surface area (Å²) in [6.45, 7) is 0. The molecule has 4 rings (SSSR count). The van der Waals surface area contributed by atoms with E-state index in [4.69, 9.17) is 0 Å². The van der Waals surface area contributed by atoms with Crippen LogP contribution in [0.25, 0.3) is 0 Å². The number of hydrogen-bond acceptors (Lipinski definition) is 2. The summed E-state index contributed by atoms with van der Waals surface area (Å²) in [4.78, 5) is 22.0. The zero-order valence-electron chi connectivity index (χ0n) is 14.3. The summed E-state index contributed by atoms with van der Waals surface area (Å²) in [7, 11) is 0.225. The molecule has 2 heterocycles. The monoisotopic (exact) mass is 334 g/mol. The molecule has 4 aliphatic rings. The first-order valence-corrected chi connectivity index (χ1v) is 11.3. The molecule has 1 atom stereocenters. The molecule has 0 aromatic heterocycles. The molecule has 0 radical (unpaired) electrons. The van der Waals surface area contributed by atoms with E-state index < -0.39 is 0 Å². The molecule has 3 heteroatoms. The Hall–Kier alpha value is -0.490. The van der Waals surface area contributed by atoms with E-state index in [1.54, 1.807) is 6.08 Å². The smallest absolute Gasteiger partial charge is 0.155 e. The minimum absolute atomic E-state index is 0.225. The quantitative estimate of drug-likeness (QED) is 0.603. The lowest BCUT2D eigenvalue weighted by molar-refractivity contribution is -0.120. The molecule has 2 aliphatic heterocycles. The van der Waals surface area contributed by atoms with Crippen LogP contribution >= 0.6 is 7.92 Å². The molecule has 128 valence electrons. The van der Waals surface area contributed by atoms with Crippen LogP contribution in [0.5, 0.6) is 0 Å². The van der Waals surface area contributed by atoms with Gasteiger partial charge in [0.15, 0.2) is 5.78 Å². The summed E-state index contributed by atoms with van der Waals surface area (Å²) < 4.78 is 0. The highest BCUT2D eigenvalue weighted by atomic mass is 31.1. The molecule has 2 nitrogen and oxygen atoms in total. The van der Waals surface area contributed by atoms with Crippen molar-refractivity contribution >= 4 is 19.5 Å². The van der Waals surface area contributed by atoms with Crippen LogP contribution in [0.2, 0.25) is 0 Å². The third kappa shape index (κ3) is 4.75. The molecule has 1 unspecified atom stereocenters. The third-order valence-electron chi connectivity index (χ3n) is 5.97. The van der Waals surface area contributed by atoms with Crippen molar-refractivity contribution in [3.63, 3.8) is 0 Å². The number of allylic oxidation sites excluding steroid dienone is 2. The van der Waals surface area contributed by atoms with Gasteiger partial charge in [-0.15, -0.1) is 0 Å². The third-order valence-corrected chi connectivity index (χ3v) is 9.97. The lowest BCUT2D eigenvalue weighted by atomic mass is 9.97. The van der Waals surface area contributed by atoms with E-state index in [1.165, 1.54) is 51.4 Å². The summed E-state index contributed by atoms with van der Waals surface area (Å²) in [5, 5.41) is 0. The standard InChI is InChI=1S/C14H23OP.C6H8O/c15-11-4-1-9-14(10-11)16-12-5-2-6-13(16)8-3-7-12;7-6-4-2-1-3-5-6/h12-14H,1-10H2;2,4H,1,3,5H2. The van der Waals surface area contributed by atoms with Crippen molar-refractivity contribution in [3.8, 4) is 0 Å². The molecule has 2 aliphatic carbocycles. The second kappa shape index (κ2) is 8.56. The van der Waals surface area contributed by atoms with E-state index >= 15 is 0 Å². The Bertz CT molecular complexity index is 435. The largest absolute Gasteiger partial charge is 0.300 e. The van der Waals surface area contributed by atoms with Crippen molar-refractivity contribution in [2.24, 2.45) is 0 Å². The molecule has 23 heavy (non-hydrogen) atoms. The Labute approximate surface area is 142 Å². The van der Waals surface area contributed by atoms with Crippen molar-refractivity contribution in [3.05, 3.63) is 12.2 Å².